The van der Waals surface area contributed by atoms with Crippen LogP contribution in [-0.2, 0) is 27.4 Å². The van der Waals surface area contributed by atoms with Crippen LogP contribution in [0.2, 0.25) is 0 Å². The summed E-state index contributed by atoms with van der Waals surface area (Å²) in [6.45, 7) is 1.90. The number of nitriles is 1. The molecule has 0 saturated heterocycles. The number of ether oxygens (including phenoxy) is 3. The van der Waals surface area contributed by atoms with E-state index in [4.69, 9.17) is 19.5 Å². The lowest BCUT2D eigenvalue weighted by Crippen LogP contribution is -2.32. The molecule has 2 aromatic carbocycles. The second-order valence-electron chi connectivity index (χ2n) is 7.43. The topological polar surface area (TPSA) is 134 Å². The first kappa shape index (κ1) is 23.9. The monoisotopic (exact) mass is 493 g/mol. The molecule has 178 valence electrons. The van der Waals surface area contributed by atoms with Gasteiger partial charge >= 0.3 is 5.97 Å². The molecule has 1 aliphatic rings. The van der Waals surface area contributed by atoms with Crippen LogP contribution >= 0.6 is 11.3 Å². The SMILES string of the molecule is CCOC(=O)C=c1sc(=Cc2ccc(C#N)cc2)c(=O)n1Cc1cc([N+](=O)[O-])cc2c1OCOC2. The van der Waals surface area contributed by atoms with E-state index in [1.165, 1.54) is 22.8 Å². The lowest BCUT2D eigenvalue weighted by molar-refractivity contribution is -0.385. The van der Waals surface area contributed by atoms with Crippen molar-refractivity contribution in [2.45, 2.75) is 20.1 Å². The molecule has 0 radical (unpaired) electrons. The lowest BCUT2D eigenvalue weighted by Gasteiger charge is -2.20. The normalized spacial score (nSPS) is 13.6. The van der Waals surface area contributed by atoms with Crippen LogP contribution in [0.25, 0.3) is 12.2 Å². The van der Waals surface area contributed by atoms with E-state index in [0.29, 0.717) is 37.2 Å². The molecule has 3 aromatic rings. The minimum atomic E-state index is -0.613. The smallest absolute Gasteiger partial charge is 0.333 e. The minimum Gasteiger partial charge on any atom is -0.467 e. The van der Waals surface area contributed by atoms with E-state index in [-0.39, 0.29) is 37.8 Å². The number of fused-ring (bicyclic) bond motifs is 1. The predicted molar refractivity (Wildman–Crippen MR) is 126 cm³/mol. The van der Waals surface area contributed by atoms with Gasteiger partial charge in [-0.05, 0) is 30.7 Å². The van der Waals surface area contributed by atoms with Gasteiger partial charge in [0.15, 0.2) is 6.79 Å². The van der Waals surface area contributed by atoms with Crippen LogP contribution in [0.1, 0.15) is 29.2 Å². The third-order valence-corrected chi connectivity index (χ3v) is 6.17. The zero-order valence-electron chi connectivity index (χ0n) is 18.6. The molecule has 0 unspecified atom stereocenters. The maximum Gasteiger partial charge on any atom is 0.333 e. The standard InChI is InChI=1S/C24H19N3O7S/c1-2-33-22(28)10-21-26(24(29)20(35-21)7-15-3-5-16(11-25)6-4-15)12-17-8-19(27(30)31)9-18-13-32-14-34-23(17)18/h3-10H,2,12-14H2,1H3. The number of carbonyl (C=O) groups excluding carboxylic acids is 1. The molecule has 0 N–H and O–H groups in total. The maximum absolute atomic E-state index is 13.4. The number of thiazole rings is 1. The second-order valence-corrected chi connectivity index (χ2v) is 8.49. The van der Waals surface area contributed by atoms with E-state index in [1.807, 2.05) is 6.07 Å². The quantitative estimate of drug-likeness (QED) is 0.288. The molecule has 0 aliphatic carbocycles. The molecule has 0 amide bonds. The van der Waals surface area contributed by atoms with Crippen molar-refractivity contribution in [1.29, 1.82) is 5.26 Å². The van der Waals surface area contributed by atoms with Crippen molar-refractivity contribution in [2.75, 3.05) is 13.4 Å². The van der Waals surface area contributed by atoms with Gasteiger partial charge in [0.2, 0.25) is 0 Å². The zero-order chi connectivity index (χ0) is 24.9. The highest BCUT2D eigenvalue weighted by Gasteiger charge is 2.22. The van der Waals surface area contributed by atoms with Crippen LogP contribution in [0.3, 0.4) is 0 Å². The first-order chi connectivity index (χ1) is 16.9. The number of aromatic nitrogens is 1. The first-order valence-corrected chi connectivity index (χ1v) is 11.3. The summed E-state index contributed by atoms with van der Waals surface area (Å²) in [5.74, 6) is -0.196. The van der Waals surface area contributed by atoms with Gasteiger partial charge in [0.1, 0.15) is 10.4 Å². The lowest BCUT2D eigenvalue weighted by atomic mass is 10.1. The fraction of sp³-hybridized carbons (Fsp3) is 0.208. The van der Waals surface area contributed by atoms with Crippen molar-refractivity contribution in [3.05, 3.63) is 88.3 Å². The van der Waals surface area contributed by atoms with Gasteiger partial charge in [-0.25, -0.2) is 4.79 Å². The molecule has 0 fully saturated rings. The number of nitro groups is 1. The number of rotatable bonds is 6. The Kier molecular flexibility index (Phi) is 7.05. The summed E-state index contributed by atoms with van der Waals surface area (Å²) >= 11 is 1.09. The van der Waals surface area contributed by atoms with E-state index < -0.39 is 10.9 Å². The molecule has 1 aromatic heterocycles. The summed E-state index contributed by atoms with van der Waals surface area (Å²) in [5.41, 5.74) is 1.57. The van der Waals surface area contributed by atoms with Crippen molar-refractivity contribution >= 4 is 35.1 Å². The molecule has 35 heavy (non-hydrogen) atoms. The molecule has 2 heterocycles. The van der Waals surface area contributed by atoms with Gasteiger partial charge in [0.25, 0.3) is 11.2 Å². The fourth-order valence-electron chi connectivity index (χ4n) is 3.56. The molecular weight excluding hydrogens is 474 g/mol. The van der Waals surface area contributed by atoms with Gasteiger partial charge in [0, 0.05) is 23.3 Å². The fourth-order valence-corrected chi connectivity index (χ4v) is 4.59. The number of hydrogen-bond donors (Lipinski definition) is 0. The average molecular weight is 493 g/mol. The van der Waals surface area contributed by atoms with Crippen LogP contribution in [0.5, 0.6) is 5.75 Å². The van der Waals surface area contributed by atoms with Gasteiger partial charge in [-0.2, -0.15) is 5.26 Å². The Hall–Kier alpha value is -4.27. The molecule has 10 nitrogen and oxygen atoms in total. The van der Waals surface area contributed by atoms with Gasteiger partial charge in [-0.1, -0.05) is 12.1 Å². The number of carbonyl (C=O) groups is 1. The Morgan fingerprint density at radius 2 is 2.11 bits per heavy atom. The minimum absolute atomic E-state index is 0.0180. The number of esters is 1. The van der Waals surface area contributed by atoms with Gasteiger partial charge in [-0.3, -0.25) is 19.5 Å². The third kappa shape index (κ3) is 5.29. The van der Waals surface area contributed by atoms with Crippen LogP contribution in [-0.4, -0.2) is 28.9 Å². The molecule has 0 spiro atoms. The van der Waals surface area contributed by atoms with Crippen molar-refractivity contribution in [1.82, 2.24) is 4.57 Å². The highest BCUT2D eigenvalue weighted by atomic mass is 32.1. The number of nitrogens with zero attached hydrogens (tertiary/aromatic N) is 3. The maximum atomic E-state index is 13.4. The summed E-state index contributed by atoms with van der Waals surface area (Å²) in [6.07, 6.45) is 2.87. The second kappa shape index (κ2) is 10.3. The summed E-state index contributed by atoms with van der Waals surface area (Å²) in [5, 5.41) is 20.4. The summed E-state index contributed by atoms with van der Waals surface area (Å²) in [4.78, 5) is 36.5. The summed E-state index contributed by atoms with van der Waals surface area (Å²) < 4.78 is 17.9. The Balaban J connectivity index is 1.87. The van der Waals surface area contributed by atoms with Crippen LogP contribution in [0.15, 0.2) is 41.2 Å². The van der Waals surface area contributed by atoms with E-state index >= 15 is 0 Å². The zero-order valence-corrected chi connectivity index (χ0v) is 19.4. The summed E-state index contributed by atoms with van der Waals surface area (Å²) in [7, 11) is 0. The Bertz CT molecular complexity index is 1510. The number of hydrogen-bond acceptors (Lipinski definition) is 9. The number of nitro benzene ring substituents is 1. The number of benzene rings is 2. The van der Waals surface area contributed by atoms with Crippen molar-refractivity contribution in [2.24, 2.45) is 0 Å². The van der Waals surface area contributed by atoms with E-state index in [0.717, 1.165) is 11.3 Å². The van der Waals surface area contributed by atoms with Gasteiger partial charge in [0.05, 0.1) is 46.9 Å². The van der Waals surface area contributed by atoms with Crippen LogP contribution in [0, 0.1) is 21.4 Å². The molecule has 4 rings (SSSR count). The molecule has 0 bridgehead atoms. The van der Waals surface area contributed by atoms with E-state index in [2.05, 4.69) is 0 Å². The number of non-ortho nitro benzene ring substituents is 1. The molecule has 11 heteroatoms. The van der Waals surface area contributed by atoms with Gasteiger partial charge in [-0.15, -0.1) is 11.3 Å². The van der Waals surface area contributed by atoms with Crippen molar-refractivity contribution in [3.8, 4) is 11.8 Å². The molecule has 1 aliphatic heterocycles. The predicted octanol–water partition coefficient (Wildman–Crippen LogP) is 1.78. The Morgan fingerprint density at radius 1 is 1.34 bits per heavy atom. The Labute approximate surface area is 202 Å². The van der Waals surface area contributed by atoms with Crippen LogP contribution < -0.4 is 19.5 Å². The van der Waals surface area contributed by atoms with Crippen molar-refractivity contribution in [3.63, 3.8) is 0 Å². The third-order valence-electron chi connectivity index (χ3n) is 5.11. The first-order valence-electron chi connectivity index (χ1n) is 10.5. The average Bonchev–Trinajstić information content (AvgIpc) is 3.13. The van der Waals surface area contributed by atoms with Crippen LogP contribution in [0.4, 0.5) is 5.69 Å². The van der Waals surface area contributed by atoms with E-state index in [9.17, 15) is 19.7 Å². The largest absolute Gasteiger partial charge is 0.467 e. The van der Waals surface area contributed by atoms with Crippen molar-refractivity contribution < 1.29 is 23.9 Å². The Morgan fingerprint density at radius 3 is 2.80 bits per heavy atom. The summed E-state index contributed by atoms with van der Waals surface area (Å²) in [6, 6.07) is 11.5. The molecule has 0 saturated carbocycles. The van der Waals surface area contributed by atoms with E-state index in [1.54, 1.807) is 37.3 Å². The molecule has 0 atom stereocenters. The highest BCUT2D eigenvalue weighted by Crippen LogP contribution is 2.32. The highest BCUT2D eigenvalue weighted by molar-refractivity contribution is 7.07. The molecular formula is C24H19N3O7S. The van der Waals surface area contributed by atoms with Gasteiger partial charge < -0.3 is 14.2 Å².